The number of non-ortho nitro benzene ring substituents is 1. The highest BCUT2D eigenvalue weighted by molar-refractivity contribution is 6.09. The molecule has 0 aliphatic rings. The molecule has 1 N–H and O–H groups in total. The Hall–Kier alpha value is -4.07. The van der Waals surface area contributed by atoms with E-state index in [0.717, 1.165) is 0 Å². The first-order chi connectivity index (χ1) is 13.5. The molecule has 3 rings (SSSR count). The van der Waals surface area contributed by atoms with Crippen LogP contribution in [0.2, 0.25) is 0 Å². The topological polar surface area (TPSA) is 111 Å². The van der Waals surface area contributed by atoms with E-state index in [0.29, 0.717) is 17.0 Å². The molecule has 0 fully saturated rings. The number of hydrogen-bond donors (Lipinski definition) is 1. The molecule has 8 nitrogen and oxygen atoms in total. The Morgan fingerprint density at radius 3 is 2.50 bits per heavy atom. The summed E-state index contributed by atoms with van der Waals surface area (Å²) in [5.74, 6) is -0.272. The van der Waals surface area contributed by atoms with Crippen LogP contribution in [0.1, 0.15) is 15.9 Å². The van der Waals surface area contributed by atoms with Crippen LogP contribution in [0.4, 0.5) is 11.4 Å². The second kappa shape index (κ2) is 8.54. The number of rotatable bonds is 7. The lowest BCUT2D eigenvalue weighted by Crippen LogP contribution is -2.20. The van der Waals surface area contributed by atoms with Gasteiger partial charge in [0.05, 0.1) is 16.8 Å². The summed E-state index contributed by atoms with van der Waals surface area (Å²) >= 11 is 0. The highest BCUT2D eigenvalue weighted by Crippen LogP contribution is 2.19. The number of benzene rings is 2. The van der Waals surface area contributed by atoms with E-state index in [1.54, 1.807) is 30.5 Å². The first kappa shape index (κ1) is 18.7. The molecule has 1 amide bonds. The zero-order valence-corrected chi connectivity index (χ0v) is 14.6. The van der Waals surface area contributed by atoms with E-state index in [1.807, 2.05) is 0 Å². The van der Waals surface area contributed by atoms with E-state index < -0.39 is 4.92 Å². The van der Waals surface area contributed by atoms with Gasteiger partial charge < -0.3 is 10.1 Å². The fraction of sp³-hybridized carbons (Fsp3) is 0.0500. The molecule has 3 aromatic rings. The van der Waals surface area contributed by atoms with Crippen LogP contribution in [-0.4, -0.2) is 28.2 Å². The van der Waals surface area contributed by atoms with Crippen LogP contribution < -0.4 is 10.1 Å². The average molecular weight is 377 g/mol. The molecule has 0 radical (unpaired) electrons. The molecule has 0 bridgehead atoms. The molecule has 0 spiro atoms. The number of pyridine rings is 1. The summed E-state index contributed by atoms with van der Waals surface area (Å²) in [6.45, 7) is -0.201. The molecule has 0 aliphatic heterocycles. The van der Waals surface area contributed by atoms with Gasteiger partial charge in [0.25, 0.3) is 11.6 Å². The maximum Gasteiger partial charge on any atom is 0.270 e. The number of nitro benzene ring substituents is 1. The van der Waals surface area contributed by atoms with Crippen molar-refractivity contribution in [2.75, 3.05) is 11.9 Å². The molecule has 0 saturated heterocycles. The molecular formula is C20H15N3O5. The Bertz CT molecular complexity index is 1000. The minimum atomic E-state index is -0.551. The zero-order valence-electron chi connectivity index (χ0n) is 14.6. The fourth-order valence-corrected chi connectivity index (χ4v) is 2.41. The van der Waals surface area contributed by atoms with E-state index in [-0.39, 0.29) is 29.5 Å². The number of hydrogen-bond acceptors (Lipinski definition) is 6. The molecule has 0 saturated carbocycles. The summed E-state index contributed by atoms with van der Waals surface area (Å²) in [7, 11) is 0. The Morgan fingerprint density at radius 2 is 1.82 bits per heavy atom. The highest BCUT2D eigenvalue weighted by Gasteiger charge is 2.13. The number of carbonyl (C=O) groups is 2. The number of amides is 1. The molecule has 0 atom stereocenters. The van der Waals surface area contributed by atoms with Gasteiger partial charge in [-0.15, -0.1) is 0 Å². The number of nitrogens with zero attached hydrogens (tertiary/aromatic N) is 2. The third-order valence-electron chi connectivity index (χ3n) is 3.75. The van der Waals surface area contributed by atoms with Crippen LogP contribution in [-0.2, 0) is 4.79 Å². The molecule has 140 valence electrons. The molecule has 28 heavy (non-hydrogen) atoms. The minimum absolute atomic E-state index is 0.148. The average Bonchev–Trinajstić information content (AvgIpc) is 2.73. The normalized spacial score (nSPS) is 10.1. The smallest absolute Gasteiger partial charge is 0.270 e. The van der Waals surface area contributed by atoms with Gasteiger partial charge >= 0.3 is 0 Å². The van der Waals surface area contributed by atoms with Gasteiger partial charge in [0.15, 0.2) is 12.4 Å². The maximum atomic E-state index is 12.5. The van der Waals surface area contributed by atoms with E-state index in [9.17, 15) is 19.7 Å². The summed E-state index contributed by atoms with van der Waals surface area (Å²) in [5, 5.41) is 13.5. The lowest BCUT2D eigenvalue weighted by Gasteiger charge is -2.08. The van der Waals surface area contributed by atoms with Crippen LogP contribution in [0.3, 0.4) is 0 Å². The Morgan fingerprint density at radius 1 is 1.04 bits per heavy atom. The standard InChI is InChI=1S/C20H15N3O5/c24-19(22-16-4-2-10-21-12-16)13-28-18-8-6-14(7-9-18)20(25)15-3-1-5-17(11-15)23(26)27/h1-12H,13H2,(H,22,24). The van der Waals surface area contributed by atoms with Gasteiger partial charge in [-0.3, -0.25) is 24.7 Å². The Labute approximate surface area is 159 Å². The second-order valence-corrected chi connectivity index (χ2v) is 5.74. The summed E-state index contributed by atoms with van der Waals surface area (Å²) < 4.78 is 5.40. The quantitative estimate of drug-likeness (QED) is 0.384. The van der Waals surface area contributed by atoms with Crippen molar-refractivity contribution in [3.8, 4) is 5.75 Å². The summed E-state index contributed by atoms with van der Waals surface area (Å²) in [6.07, 6.45) is 3.12. The molecule has 0 unspecified atom stereocenters. The van der Waals surface area contributed by atoms with Crippen molar-refractivity contribution in [1.29, 1.82) is 0 Å². The number of ether oxygens (including phenoxy) is 1. The second-order valence-electron chi connectivity index (χ2n) is 5.74. The maximum absolute atomic E-state index is 12.5. The predicted octanol–water partition coefficient (Wildman–Crippen LogP) is 3.24. The van der Waals surface area contributed by atoms with Crippen LogP contribution in [0, 0.1) is 10.1 Å². The number of ketones is 1. The zero-order chi connectivity index (χ0) is 19.9. The van der Waals surface area contributed by atoms with Gasteiger partial charge in [0, 0.05) is 29.5 Å². The SMILES string of the molecule is O=C(COc1ccc(C(=O)c2cccc([N+](=O)[O-])c2)cc1)Nc1cccnc1. The molecule has 2 aromatic carbocycles. The Kier molecular flexibility index (Phi) is 5.71. The fourth-order valence-electron chi connectivity index (χ4n) is 2.41. The molecule has 8 heteroatoms. The van der Waals surface area contributed by atoms with Crippen molar-refractivity contribution >= 4 is 23.1 Å². The third kappa shape index (κ3) is 4.76. The molecular weight excluding hydrogens is 362 g/mol. The van der Waals surface area contributed by atoms with Crippen molar-refractivity contribution in [2.24, 2.45) is 0 Å². The van der Waals surface area contributed by atoms with Crippen LogP contribution >= 0.6 is 0 Å². The number of aromatic nitrogens is 1. The van der Waals surface area contributed by atoms with Gasteiger partial charge in [0.2, 0.25) is 0 Å². The van der Waals surface area contributed by atoms with E-state index in [4.69, 9.17) is 4.74 Å². The first-order valence-electron chi connectivity index (χ1n) is 8.25. The summed E-state index contributed by atoms with van der Waals surface area (Å²) in [4.78, 5) is 38.5. The van der Waals surface area contributed by atoms with Crippen LogP contribution in [0.25, 0.3) is 0 Å². The van der Waals surface area contributed by atoms with Gasteiger partial charge in [-0.25, -0.2) is 0 Å². The first-order valence-corrected chi connectivity index (χ1v) is 8.25. The lowest BCUT2D eigenvalue weighted by molar-refractivity contribution is -0.384. The van der Waals surface area contributed by atoms with Crippen molar-refractivity contribution in [3.63, 3.8) is 0 Å². The monoisotopic (exact) mass is 377 g/mol. The number of anilines is 1. The van der Waals surface area contributed by atoms with Crippen molar-refractivity contribution in [2.45, 2.75) is 0 Å². The van der Waals surface area contributed by atoms with Gasteiger partial charge in [0.1, 0.15) is 5.75 Å². The molecule has 1 aromatic heterocycles. The van der Waals surface area contributed by atoms with Crippen LogP contribution in [0.5, 0.6) is 5.75 Å². The van der Waals surface area contributed by atoms with Crippen molar-refractivity contribution < 1.29 is 19.2 Å². The van der Waals surface area contributed by atoms with E-state index in [2.05, 4.69) is 10.3 Å². The third-order valence-corrected chi connectivity index (χ3v) is 3.75. The van der Waals surface area contributed by atoms with E-state index in [1.165, 1.54) is 42.6 Å². The largest absolute Gasteiger partial charge is 0.484 e. The predicted molar refractivity (Wildman–Crippen MR) is 101 cm³/mol. The molecule has 1 heterocycles. The van der Waals surface area contributed by atoms with Crippen molar-refractivity contribution in [1.82, 2.24) is 4.98 Å². The highest BCUT2D eigenvalue weighted by atomic mass is 16.6. The number of carbonyl (C=O) groups excluding carboxylic acids is 2. The van der Waals surface area contributed by atoms with Gasteiger partial charge in [-0.1, -0.05) is 12.1 Å². The lowest BCUT2D eigenvalue weighted by atomic mass is 10.0. The van der Waals surface area contributed by atoms with Crippen molar-refractivity contribution in [3.05, 3.63) is 94.3 Å². The van der Waals surface area contributed by atoms with Crippen LogP contribution in [0.15, 0.2) is 73.1 Å². The number of nitrogens with one attached hydrogen (secondary N) is 1. The van der Waals surface area contributed by atoms with Gasteiger partial charge in [-0.05, 0) is 36.4 Å². The van der Waals surface area contributed by atoms with E-state index >= 15 is 0 Å². The summed E-state index contributed by atoms with van der Waals surface area (Å²) in [6, 6.07) is 15.1. The summed E-state index contributed by atoms with van der Waals surface area (Å²) in [5.41, 5.74) is 0.991. The minimum Gasteiger partial charge on any atom is -0.484 e. The molecule has 0 aliphatic carbocycles. The number of nitro groups is 1. The van der Waals surface area contributed by atoms with Gasteiger partial charge in [-0.2, -0.15) is 0 Å². The Balaban J connectivity index is 1.60.